The largest absolute Gasteiger partial charge is 0.478 e. The summed E-state index contributed by atoms with van der Waals surface area (Å²) in [6.45, 7) is 3.90. The van der Waals surface area contributed by atoms with Gasteiger partial charge in [0.1, 0.15) is 5.15 Å². The standard InChI is InChI=1S/C12H10ClNO2/c1-6-3-8-9(12(15)16)5-11(13)14-10(8)4-7(6)2/h3-5H,1-2H3,(H,15,16). The van der Waals surface area contributed by atoms with Crippen LogP contribution < -0.4 is 0 Å². The molecular formula is C12H10ClNO2. The van der Waals surface area contributed by atoms with Gasteiger partial charge in [0.15, 0.2) is 0 Å². The Morgan fingerprint density at radius 2 is 1.88 bits per heavy atom. The number of rotatable bonds is 1. The van der Waals surface area contributed by atoms with Crippen LogP contribution in [0.3, 0.4) is 0 Å². The molecule has 1 heterocycles. The fourth-order valence-corrected chi connectivity index (χ4v) is 1.83. The molecule has 0 unspecified atom stereocenters. The first-order valence-electron chi connectivity index (χ1n) is 4.80. The lowest BCUT2D eigenvalue weighted by Crippen LogP contribution is -1.99. The molecule has 1 aromatic heterocycles. The van der Waals surface area contributed by atoms with Crippen LogP contribution in [0.1, 0.15) is 21.5 Å². The highest BCUT2D eigenvalue weighted by atomic mass is 35.5. The van der Waals surface area contributed by atoms with Gasteiger partial charge in [-0.1, -0.05) is 11.6 Å². The number of hydrogen-bond acceptors (Lipinski definition) is 2. The Kier molecular flexibility index (Phi) is 2.56. The lowest BCUT2D eigenvalue weighted by Gasteiger charge is -2.06. The number of halogens is 1. The predicted octanol–water partition coefficient (Wildman–Crippen LogP) is 3.20. The van der Waals surface area contributed by atoms with E-state index >= 15 is 0 Å². The van der Waals surface area contributed by atoms with Crippen molar-refractivity contribution >= 4 is 28.5 Å². The lowest BCUT2D eigenvalue weighted by molar-refractivity contribution is 0.0699. The Hall–Kier alpha value is -1.61. The summed E-state index contributed by atoms with van der Waals surface area (Å²) >= 11 is 5.79. The van der Waals surface area contributed by atoms with Gasteiger partial charge in [-0.3, -0.25) is 0 Å². The van der Waals surface area contributed by atoms with E-state index in [1.807, 2.05) is 26.0 Å². The van der Waals surface area contributed by atoms with Gasteiger partial charge in [0.05, 0.1) is 11.1 Å². The zero-order chi connectivity index (χ0) is 11.9. The number of fused-ring (bicyclic) bond motifs is 1. The molecule has 0 radical (unpaired) electrons. The molecule has 3 nitrogen and oxygen atoms in total. The van der Waals surface area contributed by atoms with Gasteiger partial charge in [0, 0.05) is 5.39 Å². The minimum absolute atomic E-state index is 0.193. The van der Waals surface area contributed by atoms with Gasteiger partial charge in [-0.25, -0.2) is 9.78 Å². The second-order valence-corrected chi connectivity index (χ2v) is 4.14. The average molecular weight is 236 g/mol. The van der Waals surface area contributed by atoms with Gasteiger partial charge in [0.2, 0.25) is 0 Å². The van der Waals surface area contributed by atoms with Crippen molar-refractivity contribution in [3.8, 4) is 0 Å². The molecule has 1 aromatic carbocycles. The summed E-state index contributed by atoms with van der Waals surface area (Å²) in [5.41, 5.74) is 2.92. The number of carboxylic acids is 1. The SMILES string of the molecule is Cc1cc2nc(Cl)cc(C(=O)O)c2cc1C. The molecule has 0 fully saturated rings. The summed E-state index contributed by atoms with van der Waals surface area (Å²) < 4.78 is 0. The number of aromatic carboxylic acids is 1. The third kappa shape index (κ3) is 1.74. The number of carboxylic acid groups (broad SMARTS) is 1. The number of carbonyl (C=O) groups is 1. The fraction of sp³-hybridized carbons (Fsp3) is 0.167. The van der Waals surface area contributed by atoms with Gasteiger partial charge in [-0.2, -0.15) is 0 Å². The molecule has 0 spiro atoms. The van der Waals surface area contributed by atoms with E-state index in [2.05, 4.69) is 4.98 Å². The van der Waals surface area contributed by atoms with E-state index in [0.717, 1.165) is 11.1 Å². The molecule has 2 aromatic rings. The molecule has 0 atom stereocenters. The Labute approximate surface area is 97.7 Å². The van der Waals surface area contributed by atoms with Gasteiger partial charge >= 0.3 is 5.97 Å². The highest BCUT2D eigenvalue weighted by Crippen LogP contribution is 2.24. The summed E-state index contributed by atoms with van der Waals surface area (Å²) in [4.78, 5) is 15.2. The molecule has 0 bridgehead atoms. The summed E-state index contributed by atoms with van der Waals surface area (Å²) in [5, 5.41) is 9.91. The molecule has 4 heteroatoms. The van der Waals surface area contributed by atoms with E-state index in [1.165, 1.54) is 6.07 Å². The normalized spacial score (nSPS) is 10.7. The number of aromatic nitrogens is 1. The highest BCUT2D eigenvalue weighted by molar-refractivity contribution is 6.30. The molecule has 2 rings (SSSR count). The first-order chi connectivity index (χ1) is 7.49. The van der Waals surface area contributed by atoms with Crippen LogP contribution in [-0.2, 0) is 0 Å². The summed E-state index contributed by atoms with van der Waals surface area (Å²) in [6.07, 6.45) is 0. The summed E-state index contributed by atoms with van der Waals surface area (Å²) in [6, 6.07) is 5.06. The van der Waals surface area contributed by atoms with Crippen LogP contribution in [0.15, 0.2) is 18.2 Å². The van der Waals surface area contributed by atoms with Crippen LogP contribution in [0.5, 0.6) is 0 Å². The number of hydrogen-bond donors (Lipinski definition) is 1. The van der Waals surface area contributed by atoms with E-state index in [9.17, 15) is 4.79 Å². The maximum Gasteiger partial charge on any atom is 0.336 e. The number of nitrogens with zero attached hydrogens (tertiary/aromatic N) is 1. The first-order valence-corrected chi connectivity index (χ1v) is 5.17. The third-order valence-electron chi connectivity index (χ3n) is 2.62. The smallest absolute Gasteiger partial charge is 0.336 e. The van der Waals surface area contributed by atoms with Crippen molar-refractivity contribution in [2.45, 2.75) is 13.8 Å². The van der Waals surface area contributed by atoms with Crippen LogP contribution in [0.25, 0.3) is 10.9 Å². The van der Waals surface area contributed by atoms with E-state index in [0.29, 0.717) is 10.9 Å². The predicted molar refractivity (Wildman–Crippen MR) is 63.2 cm³/mol. The topological polar surface area (TPSA) is 50.2 Å². The zero-order valence-electron chi connectivity index (χ0n) is 8.91. The van der Waals surface area contributed by atoms with Crippen LogP contribution in [-0.4, -0.2) is 16.1 Å². The molecule has 82 valence electrons. The van der Waals surface area contributed by atoms with Crippen molar-refractivity contribution in [1.82, 2.24) is 4.98 Å². The van der Waals surface area contributed by atoms with Gasteiger partial charge in [-0.05, 0) is 43.2 Å². The van der Waals surface area contributed by atoms with E-state index in [4.69, 9.17) is 16.7 Å². The maximum atomic E-state index is 11.1. The van der Waals surface area contributed by atoms with Gasteiger partial charge in [-0.15, -0.1) is 0 Å². The van der Waals surface area contributed by atoms with Crippen molar-refractivity contribution in [3.63, 3.8) is 0 Å². The zero-order valence-corrected chi connectivity index (χ0v) is 9.67. The second-order valence-electron chi connectivity index (χ2n) is 3.75. The Bertz CT molecular complexity index is 593. The number of pyridine rings is 1. The van der Waals surface area contributed by atoms with Gasteiger partial charge in [0.25, 0.3) is 0 Å². The maximum absolute atomic E-state index is 11.1. The summed E-state index contributed by atoms with van der Waals surface area (Å²) in [7, 11) is 0. The average Bonchev–Trinajstić information content (AvgIpc) is 2.19. The van der Waals surface area contributed by atoms with Crippen molar-refractivity contribution in [2.24, 2.45) is 0 Å². The highest BCUT2D eigenvalue weighted by Gasteiger charge is 2.12. The quantitative estimate of drug-likeness (QED) is 0.773. The van der Waals surface area contributed by atoms with E-state index in [-0.39, 0.29) is 10.7 Å². The second kappa shape index (κ2) is 3.76. The molecule has 0 aliphatic carbocycles. The lowest BCUT2D eigenvalue weighted by atomic mass is 10.0. The van der Waals surface area contributed by atoms with Crippen LogP contribution in [0, 0.1) is 13.8 Å². The van der Waals surface area contributed by atoms with Crippen LogP contribution in [0.2, 0.25) is 5.15 Å². The number of benzene rings is 1. The Balaban J connectivity index is 2.90. The molecule has 0 aliphatic rings. The first kappa shape index (κ1) is 10.9. The van der Waals surface area contributed by atoms with Crippen molar-refractivity contribution in [2.75, 3.05) is 0 Å². The van der Waals surface area contributed by atoms with Crippen molar-refractivity contribution < 1.29 is 9.90 Å². The Morgan fingerprint density at radius 1 is 1.25 bits per heavy atom. The molecular weight excluding hydrogens is 226 g/mol. The molecule has 1 N–H and O–H groups in total. The molecule has 0 saturated carbocycles. The molecule has 0 aliphatic heterocycles. The van der Waals surface area contributed by atoms with Crippen LogP contribution in [0.4, 0.5) is 0 Å². The minimum Gasteiger partial charge on any atom is -0.478 e. The molecule has 0 amide bonds. The van der Waals surface area contributed by atoms with Gasteiger partial charge < -0.3 is 5.11 Å². The molecule has 0 saturated heterocycles. The monoisotopic (exact) mass is 235 g/mol. The van der Waals surface area contributed by atoms with E-state index < -0.39 is 5.97 Å². The van der Waals surface area contributed by atoms with Crippen LogP contribution >= 0.6 is 11.6 Å². The third-order valence-corrected chi connectivity index (χ3v) is 2.82. The number of aryl methyl sites for hydroxylation is 2. The molecule has 16 heavy (non-hydrogen) atoms. The Morgan fingerprint density at radius 3 is 2.50 bits per heavy atom. The van der Waals surface area contributed by atoms with Crippen molar-refractivity contribution in [3.05, 3.63) is 40.0 Å². The summed E-state index contributed by atoms with van der Waals surface area (Å²) in [5.74, 6) is -0.988. The fourth-order valence-electron chi connectivity index (χ4n) is 1.63. The van der Waals surface area contributed by atoms with Crippen molar-refractivity contribution in [1.29, 1.82) is 0 Å². The van der Waals surface area contributed by atoms with E-state index in [1.54, 1.807) is 0 Å². The minimum atomic E-state index is -0.988.